The molecule has 2 atom stereocenters. The number of nitrogens with one attached hydrogen (secondary N) is 1. The van der Waals surface area contributed by atoms with Gasteiger partial charge in [0.1, 0.15) is 0 Å². The summed E-state index contributed by atoms with van der Waals surface area (Å²) in [5.41, 5.74) is 1.35. The third kappa shape index (κ3) is 6.62. The van der Waals surface area contributed by atoms with E-state index in [2.05, 4.69) is 32.2 Å². The molecule has 0 aromatic rings. The van der Waals surface area contributed by atoms with E-state index in [1.165, 1.54) is 5.57 Å². The third-order valence-electron chi connectivity index (χ3n) is 2.50. The van der Waals surface area contributed by atoms with Gasteiger partial charge in [-0.05, 0) is 40.5 Å². The SMILES string of the molecule is CC(C)=CCCC(C)N[C@H](C)C(=O)N(C)C. The molecule has 16 heavy (non-hydrogen) atoms. The van der Waals surface area contributed by atoms with Crippen LogP contribution in [0.1, 0.15) is 40.5 Å². The molecule has 0 radical (unpaired) electrons. The van der Waals surface area contributed by atoms with Gasteiger partial charge in [0.05, 0.1) is 6.04 Å². The number of carbonyl (C=O) groups is 1. The summed E-state index contributed by atoms with van der Waals surface area (Å²) in [6.45, 7) is 8.25. The highest BCUT2D eigenvalue weighted by atomic mass is 16.2. The lowest BCUT2D eigenvalue weighted by Crippen LogP contribution is -2.45. The first kappa shape index (κ1) is 15.2. The van der Waals surface area contributed by atoms with Crippen LogP contribution in [0.2, 0.25) is 0 Å². The normalized spacial score (nSPS) is 14.1. The quantitative estimate of drug-likeness (QED) is 0.704. The van der Waals surface area contributed by atoms with Crippen LogP contribution in [0, 0.1) is 0 Å². The Hall–Kier alpha value is -0.830. The molecule has 0 aliphatic carbocycles. The number of nitrogens with zero attached hydrogens (tertiary/aromatic N) is 1. The molecule has 0 spiro atoms. The van der Waals surface area contributed by atoms with Gasteiger partial charge in [-0.15, -0.1) is 0 Å². The van der Waals surface area contributed by atoms with E-state index in [1.807, 2.05) is 6.92 Å². The zero-order valence-electron chi connectivity index (χ0n) is 11.5. The van der Waals surface area contributed by atoms with E-state index < -0.39 is 0 Å². The first-order chi connectivity index (χ1) is 7.34. The summed E-state index contributed by atoms with van der Waals surface area (Å²) in [5, 5.41) is 3.31. The van der Waals surface area contributed by atoms with E-state index in [9.17, 15) is 4.79 Å². The maximum Gasteiger partial charge on any atom is 0.238 e. The summed E-state index contributed by atoms with van der Waals surface area (Å²) in [6.07, 6.45) is 4.37. The maximum atomic E-state index is 11.6. The molecular formula is C13H26N2O. The van der Waals surface area contributed by atoms with E-state index in [0.717, 1.165) is 12.8 Å². The minimum atomic E-state index is -0.100. The van der Waals surface area contributed by atoms with Crippen molar-refractivity contribution in [2.24, 2.45) is 0 Å². The van der Waals surface area contributed by atoms with Crippen LogP contribution < -0.4 is 5.32 Å². The molecule has 1 N–H and O–H groups in total. The third-order valence-corrected chi connectivity index (χ3v) is 2.50. The molecule has 1 amide bonds. The van der Waals surface area contributed by atoms with Gasteiger partial charge in [0.2, 0.25) is 5.91 Å². The van der Waals surface area contributed by atoms with Gasteiger partial charge >= 0.3 is 0 Å². The average molecular weight is 226 g/mol. The summed E-state index contributed by atoms with van der Waals surface area (Å²) < 4.78 is 0. The number of carbonyl (C=O) groups excluding carboxylic acids is 1. The molecule has 0 saturated carbocycles. The summed E-state index contributed by atoms with van der Waals surface area (Å²) >= 11 is 0. The summed E-state index contributed by atoms with van der Waals surface area (Å²) in [5.74, 6) is 0.133. The van der Waals surface area contributed by atoms with Gasteiger partial charge in [-0.1, -0.05) is 11.6 Å². The van der Waals surface area contributed by atoms with E-state index in [0.29, 0.717) is 6.04 Å². The highest BCUT2D eigenvalue weighted by Gasteiger charge is 2.16. The fraction of sp³-hybridized carbons (Fsp3) is 0.769. The summed E-state index contributed by atoms with van der Waals surface area (Å²) in [6, 6.07) is 0.270. The van der Waals surface area contributed by atoms with Gasteiger partial charge in [-0.3, -0.25) is 4.79 Å². The van der Waals surface area contributed by atoms with E-state index >= 15 is 0 Å². The second-order valence-electron chi connectivity index (χ2n) is 4.88. The smallest absolute Gasteiger partial charge is 0.238 e. The van der Waals surface area contributed by atoms with Gasteiger partial charge in [0.25, 0.3) is 0 Å². The number of hydrogen-bond acceptors (Lipinski definition) is 2. The monoisotopic (exact) mass is 226 g/mol. The number of likely N-dealkylation sites (N-methyl/N-ethyl adjacent to an activating group) is 1. The van der Waals surface area contributed by atoms with Crippen LogP contribution in [0.15, 0.2) is 11.6 Å². The van der Waals surface area contributed by atoms with Gasteiger partial charge in [-0.2, -0.15) is 0 Å². The first-order valence-electron chi connectivity index (χ1n) is 5.95. The molecule has 3 heteroatoms. The minimum Gasteiger partial charge on any atom is -0.347 e. The van der Waals surface area contributed by atoms with Crippen molar-refractivity contribution in [3.05, 3.63) is 11.6 Å². The predicted octanol–water partition coefficient (Wildman–Crippen LogP) is 2.19. The number of allylic oxidation sites excluding steroid dienone is 2. The van der Waals surface area contributed by atoms with Crippen molar-refractivity contribution in [2.75, 3.05) is 14.1 Å². The van der Waals surface area contributed by atoms with Crippen LogP contribution in [0.3, 0.4) is 0 Å². The average Bonchev–Trinajstić information content (AvgIpc) is 2.15. The van der Waals surface area contributed by atoms with E-state index in [4.69, 9.17) is 0 Å². The van der Waals surface area contributed by atoms with Crippen LogP contribution in [0.4, 0.5) is 0 Å². The highest BCUT2D eigenvalue weighted by molar-refractivity contribution is 5.80. The van der Waals surface area contributed by atoms with Gasteiger partial charge in [0, 0.05) is 20.1 Å². The van der Waals surface area contributed by atoms with Gasteiger partial charge in [0.15, 0.2) is 0 Å². The Morgan fingerprint density at radius 1 is 1.31 bits per heavy atom. The van der Waals surface area contributed by atoms with Crippen LogP contribution in [-0.2, 0) is 4.79 Å². The Kier molecular flexibility index (Phi) is 7.06. The van der Waals surface area contributed by atoms with Crippen molar-refractivity contribution >= 4 is 5.91 Å². The lowest BCUT2D eigenvalue weighted by atomic mass is 10.1. The Balaban J connectivity index is 3.91. The molecule has 0 aromatic carbocycles. The standard InChI is InChI=1S/C13H26N2O/c1-10(2)8-7-9-11(3)14-12(4)13(16)15(5)6/h8,11-12,14H,7,9H2,1-6H3/t11?,12-/m1/s1. The van der Waals surface area contributed by atoms with Gasteiger partial charge < -0.3 is 10.2 Å². The molecule has 0 aromatic heterocycles. The molecule has 94 valence electrons. The summed E-state index contributed by atoms with van der Waals surface area (Å²) in [4.78, 5) is 13.2. The largest absolute Gasteiger partial charge is 0.347 e. The maximum absolute atomic E-state index is 11.6. The van der Waals surface area contributed by atoms with Crippen molar-refractivity contribution in [1.82, 2.24) is 10.2 Å². The molecule has 0 aliphatic rings. The Morgan fingerprint density at radius 2 is 1.88 bits per heavy atom. The molecule has 0 rings (SSSR count). The molecule has 0 heterocycles. The lowest BCUT2D eigenvalue weighted by Gasteiger charge is -2.21. The van der Waals surface area contributed by atoms with Crippen LogP contribution >= 0.6 is 0 Å². The number of rotatable bonds is 6. The van der Waals surface area contributed by atoms with E-state index in [1.54, 1.807) is 19.0 Å². The topological polar surface area (TPSA) is 32.3 Å². The van der Waals surface area contributed by atoms with Crippen molar-refractivity contribution in [2.45, 2.75) is 52.6 Å². The van der Waals surface area contributed by atoms with Crippen LogP contribution in [0.25, 0.3) is 0 Å². The second kappa shape index (κ2) is 7.44. The van der Waals surface area contributed by atoms with Crippen LogP contribution in [-0.4, -0.2) is 37.0 Å². The van der Waals surface area contributed by atoms with E-state index in [-0.39, 0.29) is 11.9 Å². The predicted molar refractivity (Wildman–Crippen MR) is 69.4 cm³/mol. The molecular weight excluding hydrogens is 200 g/mol. The molecule has 0 fully saturated rings. The molecule has 0 bridgehead atoms. The first-order valence-corrected chi connectivity index (χ1v) is 5.95. The fourth-order valence-corrected chi connectivity index (χ4v) is 1.59. The fourth-order valence-electron chi connectivity index (χ4n) is 1.59. The Morgan fingerprint density at radius 3 is 2.31 bits per heavy atom. The highest BCUT2D eigenvalue weighted by Crippen LogP contribution is 2.02. The minimum absolute atomic E-state index is 0.100. The molecule has 3 nitrogen and oxygen atoms in total. The zero-order valence-corrected chi connectivity index (χ0v) is 11.5. The molecule has 1 unspecified atom stereocenters. The Bertz CT molecular complexity index is 242. The number of hydrogen-bond donors (Lipinski definition) is 1. The van der Waals surface area contributed by atoms with Crippen molar-refractivity contribution in [3.63, 3.8) is 0 Å². The number of amides is 1. The van der Waals surface area contributed by atoms with Crippen LogP contribution in [0.5, 0.6) is 0 Å². The van der Waals surface area contributed by atoms with Crippen molar-refractivity contribution < 1.29 is 4.79 Å². The summed E-state index contributed by atoms with van der Waals surface area (Å²) in [7, 11) is 3.57. The Labute approximate surface area is 99.9 Å². The lowest BCUT2D eigenvalue weighted by molar-refractivity contribution is -0.130. The zero-order chi connectivity index (χ0) is 12.7. The van der Waals surface area contributed by atoms with Crippen molar-refractivity contribution in [1.29, 1.82) is 0 Å². The molecule has 0 aliphatic heterocycles. The second-order valence-corrected chi connectivity index (χ2v) is 4.88. The van der Waals surface area contributed by atoms with Gasteiger partial charge in [-0.25, -0.2) is 0 Å². The van der Waals surface area contributed by atoms with Crippen molar-refractivity contribution in [3.8, 4) is 0 Å². The molecule has 0 saturated heterocycles.